The highest BCUT2D eigenvalue weighted by atomic mass is 16.3. The van der Waals surface area contributed by atoms with E-state index in [0.717, 1.165) is 30.2 Å². The van der Waals surface area contributed by atoms with Crippen molar-refractivity contribution in [2.24, 2.45) is 23.7 Å². The highest BCUT2D eigenvalue weighted by Gasteiger charge is 2.31. The average Bonchev–Trinajstić information content (AvgIpc) is 2.72. The summed E-state index contributed by atoms with van der Waals surface area (Å²) in [6, 6.07) is 0.860. The molecule has 2 aliphatic carbocycles. The van der Waals surface area contributed by atoms with Crippen LogP contribution < -0.4 is 0 Å². The quantitative estimate of drug-likeness (QED) is 0.631. The fraction of sp³-hybridized carbons (Fsp3) is 0.958. The SMILES string of the molecule is CC1CCC(N2CCC(CC(CCC(=O)CO)C3CCCCC3)CC2)CC1. The summed E-state index contributed by atoms with van der Waals surface area (Å²) < 4.78 is 0. The standard InChI is InChI=1S/C24H43NO2/c1-19-7-10-23(11-8-19)25-15-13-20(14-16-25)17-22(9-12-24(27)18-26)21-5-3-2-4-6-21/h19-23,26H,2-18H2,1H3. The maximum Gasteiger partial charge on any atom is 0.158 e. The van der Waals surface area contributed by atoms with Gasteiger partial charge in [-0.1, -0.05) is 39.0 Å². The maximum atomic E-state index is 11.7. The first-order valence-corrected chi connectivity index (χ1v) is 12.0. The molecule has 0 aromatic rings. The van der Waals surface area contributed by atoms with E-state index in [-0.39, 0.29) is 12.4 Å². The van der Waals surface area contributed by atoms with Gasteiger partial charge in [-0.3, -0.25) is 4.79 Å². The van der Waals surface area contributed by atoms with E-state index in [2.05, 4.69) is 11.8 Å². The van der Waals surface area contributed by atoms with Crippen LogP contribution in [-0.2, 0) is 4.79 Å². The van der Waals surface area contributed by atoms with Crippen LogP contribution in [0, 0.1) is 23.7 Å². The number of carbonyl (C=O) groups is 1. The summed E-state index contributed by atoms with van der Waals surface area (Å²) in [6.45, 7) is 4.75. The average molecular weight is 378 g/mol. The van der Waals surface area contributed by atoms with Gasteiger partial charge in [0.2, 0.25) is 0 Å². The summed E-state index contributed by atoms with van der Waals surface area (Å²) in [4.78, 5) is 14.5. The zero-order valence-corrected chi connectivity index (χ0v) is 17.7. The van der Waals surface area contributed by atoms with Crippen LogP contribution in [0.5, 0.6) is 0 Å². The second-order valence-corrected chi connectivity index (χ2v) is 10.0. The number of likely N-dealkylation sites (tertiary alicyclic amines) is 1. The van der Waals surface area contributed by atoms with E-state index in [1.807, 2.05) is 0 Å². The Labute approximate surface area is 167 Å². The number of rotatable bonds is 8. The molecule has 156 valence electrons. The van der Waals surface area contributed by atoms with E-state index in [9.17, 15) is 4.79 Å². The van der Waals surface area contributed by atoms with E-state index in [1.165, 1.54) is 90.1 Å². The second kappa shape index (κ2) is 11.0. The number of hydrogen-bond donors (Lipinski definition) is 1. The third kappa shape index (κ3) is 6.56. The summed E-state index contributed by atoms with van der Waals surface area (Å²) in [5, 5.41) is 9.09. The predicted molar refractivity (Wildman–Crippen MR) is 112 cm³/mol. The first kappa shape index (κ1) is 21.3. The molecule has 0 aromatic carbocycles. The first-order valence-electron chi connectivity index (χ1n) is 12.0. The van der Waals surface area contributed by atoms with Crippen molar-refractivity contribution in [3.8, 4) is 0 Å². The number of ketones is 1. The van der Waals surface area contributed by atoms with Crippen molar-refractivity contribution in [2.75, 3.05) is 19.7 Å². The van der Waals surface area contributed by atoms with Crippen LogP contribution in [0.25, 0.3) is 0 Å². The number of hydrogen-bond acceptors (Lipinski definition) is 3. The van der Waals surface area contributed by atoms with Crippen molar-refractivity contribution in [1.29, 1.82) is 0 Å². The lowest BCUT2D eigenvalue weighted by atomic mass is 9.72. The van der Waals surface area contributed by atoms with Crippen LogP contribution in [0.2, 0.25) is 0 Å². The minimum Gasteiger partial charge on any atom is -0.389 e. The molecule has 0 radical (unpaired) electrons. The third-order valence-corrected chi connectivity index (χ3v) is 8.07. The van der Waals surface area contributed by atoms with Crippen LogP contribution in [0.3, 0.4) is 0 Å². The largest absolute Gasteiger partial charge is 0.389 e. The summed E-state index contributed by atoms with van der Waals surface area (Å²) in [5.41, 5.74) is 0. The Morgan fingerprint density at radius 1 is 0.963 bits per heavy atom. The van der Waals surface area contributed by atoms with Gasteiger partial charge in [-0.25, -0.2) is 0 Å². The van der Waals surface area contributed by atoms with Gasteiger partial charge < -0.3 is 10.0 Å². The molecule has 1 saturated heterocycles. The number of aliphatic hydroxyl groups excluding tert-OH is 1. The molecule has 2 saturated carbocycles. The van der Waals surface area contributed by atoms with Crippen LogP contribution in [0.1, 0.15) is 96.8 Å². The number of Topliss-reactive ketones (excluding diaryl/α,β-unsaturated/α-hetero) is 1. The molecule has 0 amide bonds. The van der Waals surface area contributed by atoms with Crippen LogP contribution in [0.15, 0.2) is 0 Å². The molecule has 3 heteroatoms. The van der Waals surface area contributed by atoms with Crippen LogP contribution in [-0.4, -0.2) is 41.5 Å². The molecule has 0 spiro atoms. The van der Waals surface area contributed by atoms with Gasteiger partial charge in [0.25, 0.3) is 0 Å². The zero-order chi connectivity index (χ0) is 19.1. The molecule has 1 aliphatic heterocycles. The Hall–Kier alpha value is -0.410. The van der Waals surface area contributed by atoms with E-state index in [4.69, 9.17) is 5.11 Å². The van der Waals surface area contributed by atoms with Gasteiger partial charge in [-0.05, 0) is 88.1 Å². The van der Waals surface area contributed by atoms with E-state index >= 15 is 0 Å². The molecular formula is C24H43NO2. The zero-order valence-electron chi connectivity index (χ0n) is 17.7. The Morgan fingerprint density at radius 2 is 1.63 bits per heavy atom. The molecule has 27 heavy (non-hydrogen) atoms. The Balaban J connectivity index is 1.46. The Morgan fingerprint density at radius 3 is 2.26 bits per heavy atom. The highest BCUT2D eigenvalue weighted by Crippen LogP contribution is 2.39. The molecule has 3 rings (SSSR count). The molecule has 3 nitrogen and oxygen atoms in total. The van der Waals surface area contributed by atoms with Gasteiger partial charge in [-0.15, -0.1) is 0 Å². The fourth-order valence-electron chi connectivity index (χ4n) is 6.17. The maximum absolute atomic E-state index is 11.7. The van der Waals surface area contributed by atoms with Gasteiger partial charge in [0, 0.05) is 12.5 Å². The minimum absolute atomic E-state index is 0.0390. The monoisotopic (exact) mass is 377 g/mol. The van der Waals surface area contributed by atoms with E-state index in [0.29, 0.717) is 12.3 Å². The lowest BCUT2D eigenvalue weighted by Crippen LogP contribution is -2.43. The Bertz CT molecular complexity index is 430. The van der Waals surface area contributed by atoms with Crippen molar-refractivity contribution >= 4 is 5.78 Å². The summed E-state index contributed by atoms with van der Waals surface area (Å²) in [6.07, 6.45) is 18.3. The number of carbonyl (C=O) groups excluding carboxylic acids is 1. The van der Waals surface area contributed by atoms with Crippen molar-refractivity contribution in [3.05, 3.63) is 0 Å². The summed E-state index contributed by atoms with van der Waals surface area (Å²) in [7, 11) is 0. The van der Waals surface area contributed by atoms with Gasteiger partial charge >= 0.3 is 0 Å². The van der Waals surface area contributed by atoms with E-state index < -0.39 is 0 Å². The van der Waals surface area contributed by atoms with Gasteiger partial charge in [0.05, 0.1) is 0 Å². The normalized spacial score (nSPS) is 30.3. The van der Waals surface area contributed by atoms with Crippen molar-refractivity contribution in [1.82, 2.24) is 4.90 Å². The number of nitrogens with zero attached hydrogens (tertiary/aromatic N) is 1. The van der Waals surface area contributed by atoms with Gasteiger partial charge in [-0.2, -0.15) is 0 Å². The third-order valence-electron chi connectivity index (χ3n) is 8.07. The molecule has 1 unspecified atom stereocenters. The predicted octanol–water partition coefficient (Wildman–Crippen LogP) is 5.21. The van der Waals surface area contributed by atoms with E-state index in [1.54, 1.807) is 0 Å². The summed E-state index contributed by atoms with van der Waals surface area (Å²) in [5.74, 6) is 3.39. The lowest BCUT2D eigenvalue weighted by molar-refractivity contribution is -0.122. The van der Waals surface area contributed by atoms with Crippen molar-refractivity contribution in [2.45, 2.75) is 103 Å². The first-order chi connectivity index (χ1) is 13.2. The molecule has 3 aliphatic rings. The van der Waals surface area contributed by atoms with Gasteiger partial charge in [0.1, 0.15) is 6.61 Å². The smallest absolute Gasteiger partial charge is 0.158 e. The fourth-order valence-corrected chi connectivity index (χ4v) is 6.17. The lowest BCUT2D eigenvalue weighted by Gasteiger charge is -2.42. The summed E-state index contributed by atoms with van der Waals surface area (Å²) >= 11 is 0. The highest BCUT2D eigenvalue weighted by molar-refractivity contribution is 5.79. The Kier molecular flexibility index (Phi) is 8.64. The molecule has 3 fully saturated rings. The second-order valence-electron chi connectivity index (χ2n) is 10.0. The molecule has 1 heterocycles. The molecular weight excluding hydrogens is 334 g/mol. The number of piperidine rings is 1. The minimum atomic E-state index is -0.268. The van der Waals surface area contributed by atoms with Gasteiger partial charge in [0.15, 0.2) is 5.78 Å². The van der Waals surface area contributed by atoms with Crippen molar-refractivity contribution < 1.29 is 9.90 Å². The topological polar surface area (TPSA) is 40.5 Å². The molecule has 0 bridgehead atoms. The molecule has 1 atom stereocenters. The molecule has 0 aromatic heterocycles. The molecule has 1 N–H and O–H groups in total. The van der Waals surface area contributed by atoms with Crippen LogP contribution >= 0.6 is 0 Å². The van der Waals surface area contributed by atoms with Crippen molar-refractivity contribution in [3.63, 3.8) is 0 Å². The number of aliphatic hydroxyl groups is 1. The van der Waals surface area contributed by atoms with Crippen LogP contribution in [0.4, 0.5) is 0 Å².